The SMILES string of the molecule is O=C(O)CC/C=C/CC1C(O)CC(O)C1/C=C/C(O)COc1cccc(C(F)(F)F)c1. The average Bonchev–Trinajstić information content (AvgIpc) is 2.96. The third-order valence-electron chi connectivity index (χ3n) is 5.15. The highest BCUT2D eigenvalue weighted by molar-refractivity contribution is 5.66. The van der Waals surface area contributed by atoms with Crippen LogP contribution in [0.25, 0.3) is 0 Å². The lowest BCUT2D eigenvalue weighted by Crippen LogP contribution is -2.21. The van der Waals surface area contributed by atoms with Gasteiger partial charge in [-0.15, -0.1) is 0 Å². The molecule has 1 fully saturated rings. The number of aliphatic hydroxyl groups excluding tert-OH is 3. The Morgan fingerprint density at radius 1 is 1.23 bits per heavy atom. The fourth-order valence-electron chi connectivity index (χ4n) is 3.54. The van der Waals surface area contributed by atoms with E-state index >= 15 is 0 Å². The Kier molecular flexibility index (Phi) is 9.09. The lowest BCUT2D eigenvalue weighted by molar-refractivity contribution is -0.138. The van der Waals surface area contributed by atoms with Crippen LogP contribution in [0.15, 0.2) is 48.6 Å². The van der Waals surface area contributed by atoms with E-state index in [4.69, 9.17) is 9.84 Å². The number of aliphatic hydroxyl groups is 3. The smallest absolute Gasteiger partial charge is 0.416 e. The van der Waals surface area contributed by atoms with E-state index in [0.29, 0.717) is 12.8 Å². The van der Waals surface area contributed by atoms with Gasteiger partial charge in [0.15, 0.2) is 0 Å². The number of allylic oxidation sites excluding steroid dienone is 2. The maximum absolute atomic E-state index is 12.7. The molecule has 0 bridgehead atoms. The molecule has 6 nitrogen and oxygen atoms in total. The van der Waals surface area contributed by atoms with Gasteiger partial charge < -0.3 is 25.2 Å². The number of alkyl halides is 3. The molecule has 2 rings (SSSR count). The number of carboxylic acids is 1. The van der Waals surface area contributed by atoms with E-state index in [1.807, 2.05) is 0 Å². The van der Waals surface area contributed by atoms with E-state index in [9.17, 15) is 33.3 Å². The second-order valence-electron chi connectivity index (χ2n) is 7.54. The molecular formula is C22H27F3O6. The molecule has 172 valence electrons. The molecule has 31 heavy (non-hydrogen) atoms. The number of hydrogen-bond donors (Lipinski definition) is 4. The fourth-order valence-corrected chi connectivity index (χ4v) is 3.54. The third kappa shape index (κ3) is 8.01. The van der Waals surface area contributed by atoms with Gasteiger partial charge in [-0.2, -0.15) is 13.2 Å². The van der Waals surface area contributed by atoms with E-state index in [1.54, 1.807) is 18.2 Å². The minimum atomic E-state index is -4.49. The number of carboxylic acid groups (broad SMARTS) is 1. The van der Waals surface area contributed by atoms with Gasteiger partial charge in [-0.05, 0) is 37.0 Å². The lowest BCUT2D eigenvalue weighted by Gasteiger charge is -2.19. The van der Waals surface area contributed by atoms with Crippen molar-refractivity contribution in [2.45, 2.75) is 50.2 Å². The van der Waals surface area contributed by atoms with Crippen molar-refractivity contribution >= 4 is 5.97 Å². The first-order chi connectivity index (χ1) is 14.6. The molecule has 0 heterocycles. The highest BCUT2D eigenvalue weighted by atomic mass is 19.4. The van der Waals surface area contributed by atoms with E-state index in [-0.39, 0.29) is 31.1 Å². The fraction of sp³-hybridized carbons (Fsp3) is 0.500. The topological polar surface area (TPSA) is 107 Å². The maximum Gasteiger partial charge on any atom is 0.416 e. The number of carbonyl (C=O) groups is 1. The van der Waals surface area contributed by atoms with Gasteiger partial charge in [-0.25, -0.2) is 0 Å². The van der Waals surface area contributed by atoms with Crippen LogP contribution < -0.4 is 4.74 Å². The summed E-state index contributed by atoms with van der Waals surface area (Å²) in [5.41, 5.74) is -0.850. The summed E-state index contributed by atoms with van der Waals surface area (Å²) < 4.78 is 43.5. The predicted molar refractivity (Wildman–Crippen MR) is 106 cm³/mol. The molecule has 5 atom stereocenters. The predicted octanol–water partition coefficient (Wildman–Crippen LogP) is 3.17. The highest BCUT2D eigenvalue weighted by Crippen LogP contribution is 2.36. The lowest BCUT2D eigenvalue weighted by atomic mass is 9.89. The summed E-state index contributed by atoms with van der Waals surface area (Å²) in [6, 6.07) is 4.34. The Morgan fingerprint density at radius 2 is 1.97 bits per heavy atom. The van der Waals surface area contributed by atoms with Crippen LogP contribution in [-0.4, -0.2) is 51.3 Å². The molecule has 1 saturated carbocycles. The minimum Gasteiger partial charge on any atom is -0.491 e. The Hall–Kier alpha value is -2.36. The normalized spacial score (nSPS) is 25.4. The molecule has 0 aliphatic heterocycles. The zero-order valence-corrected chi connectivity index (χ0v) is 16.8. The second-order valence-corrected chi connectivity index (χ2v) is 7.54. The van der Waals surface area contributed by atoms with Gasteiger partial charge >= 0.3 is 12.1 Å². The Morgan fingerprint density at radius 3 is 2.65 bits per heavy atom. The van der Waals surface area contributed by atoms with Crippen LogP contribution in [0.5, 0.6) is 5.75 Å². The zero-order valence-electron chi connectivity index (χ0n) is 16.8. The van der Waals surface area contributed by atoms with Crippen molar-refractivity contribution in [2.24, 2.45) is 11.8 Å². The van der Waals surface area contributed by atoms with E-state index in [1.165, 1.54) is 18.2 Å². The van der Waals surface area contributed by atoms with Crippen LogP contribution in [0, 0.1) is 11.8 Å². The van der Waals surface area contributed by atoms with Crippen LogP contribution in [-0.2, 0) is 11.0 Å². The first kappa shape index (κ1) is 24.9. The molecule has 5 unspecified atom stereocenters. The van der Waals surface area contributed by atoms with Gasteiger partial charge in [0, 0.05) is 18.8 Å². The van der Waals surface area contributed by atoms with Crippen LogP contribution in [0.1, 0.15) is 31.2 Å². The van der Waals surface area contributed by atoms with Crippen molar-refractivity contribution in [1.29, 1.82) is 0 Å². The Labute approximate surface area is 178 Å². The van der Waals surface area contributed by atoms with Crippen molar-refractivity contribution in [3.8, 4) is 5.75 Å². The van der Waals surface area contributed by atoms with Crippen molar-refractivity contribution in [3.05, 3.63) is 54.1 Å². The molecule has 1 aromatic carbocycles. The minimum absolute atomic E-state index is 0.00769. The molecule has 9 heteroatoms. The van der Waals surface area contributed by atoms with Crippen LogP contribution in [0.4, 0.5) is 13.2 Å². The van der Waals surface area contributed by atoms with Crippen LogP contribution >= 0.6 is 0 Å². The van der Waals surface area contributed by atoms with Gasteiger partial charge in [0.05, 0.1) is 17.8 Å². The molecule has 0 radical (unpaired) electrons. The summed E-state index contributed by atoms with van der Waals surface area (Å²) in [6.45, 7) is -0.275. The van der Waals surface area contributed by atoms with Crippen molar-refractivity contribution < 1.29 is 43.1 Å². The van der Waals surface area contributed by atoms with Gasteiger partial charge in [-0.1, -0.05) is 30.4 Å². The van der Waals surface area contributed by atoms with Gasteiger partial charge in [-0.3, -0.25) is 4.79 Å². The summed E-state index contributed by atoms with van der Waals surface area (Å²) in [7, 11) is 0. The first-order valence-electron chi connectivity index (χ1n) is 9.97. The Bertz CT molecular complexity index is 777. The summed E-state index contributed by atoms with van der Waals surface area (Å²) >= 11 is 0. The summed E-state index contributed by atoms with van der Waals surface area (Å²) in [4.78, 5) is 10.5. The monoisotopic (exact) mass is 444 g/mol. The van der Waals surface area contributed by atoms with Crippen molar-refractivity contribution in [3.63, 3.8) is 0 Å². The average molecular weight is 444 g/mol. The summed E-state index contributed by atoms with van der Waals surface area (Å²) in [5.74, 6) is -1.66. The zero-order chi connectivity index (χ0) is 23.0. The van der Waals surface area contributed by atoms with Crippen molar-refractivity contribution in [1.82, 2.24) is 0 Å². The Balaban J connectivity index is 1.90. The third-order valence-corrected chi connectivity index (χ3v) is 5.15. The van der Waals surface area contributed by atoms with Gasteiger partial charge in [0.2, 0.25) is 0 Å². The molecule has 0 saturated heterocycles. The molecule has 1 aromatic rings. The standard InChI is InChI=1S/C22H27F3O6/c23-22(24,25)14-5-4-6-16(11-14)31-13-15(26)9-10-18-17(19(27)12-20(18)28)7-2-1-3-8-21(29)30/h1-2,4-6,9-11,15,17-20,26-28H,3,7-8,12-13H2,(H,29,30)/b2-1+,10-9+. The number of rotatable bonds is 10. The molecule has 0 aromatic heterocycles. The number of benzene rings is 1. The van der Waals surface area contributed by atoms with E-state index in [0.717, 1.165) is 12.1 Å². The van der Waals surface area contributed by atoms with E-state index < -0.39 is 41.9 Å². The molecule has 4 N–H and O–H groups in total. The first-order valence-corrected chi connectivity index (χ1v) is 9.97. The number of ether oxygens (including phenoxy) is 1. The molecule has 1 aliphatic rings. The summed E-state index contributed by atoms with van der Waals surface area (Å²) in [6.07, 6.45) is 0.279. The number of halogens is 3. The molecular weight excluding hydrogens is 417 g/mol. The molecule has 0 amide bonds. The number of hydrogen-bond acceptors (Lipinski definition) is 5. The number of aliphatic carboxylic acids is 1. The molecule has 1 aliphatic carbocycles. The second kappa shape index (κ2) is 11.3. The molecule has 0 spiro atoms. The van der Waals surface area contributed by atoms with Crippen LogP contribution in [0.3, 0.4) is 0 Å². The highest BCUT2D eigenvalue weighted by Gasteiger charge is 2.39. The quantitative estimate of drug-likeness (QED) is 0.413. The summed E-state index contributed by atoms with van der Waals surface area (Å²) in [5, 5.41) is 39.1. The maximum atomic E-state index is 12.7. The van der Waals surface area contributed by atoms with E-state index in [2.05, 4.69) is 0 Å². The van der Waals surface area contributed by atoms with Gasteiger partial charge in [0.1, 0.15) is 18.5 Å². The van der Waals surface area contributed by atoms with Crippen LogP contribution in [0.2, 0.25) is 0 Å². The van der Waals surface area contributed by atoms with Crippen molar-refractivity contribution in [2.75, 3.05) is 6.61 Å². The largest absolute Gasteiger partial charge is 0.491 e. The van der Waals surface area contributed by atoms with Gasteiger partial charge in [0.25, 0.3) is 0 Å².